The van der Waals surface area contributed by atoms with Gasteiger partial charge in [0, 0.05) is 6.08 Å². The molecule has 0 aromatic carbocycles. The molecule has 0 saturated carbocycles. The number of hydrogen-bond acceptors (Lipinski definition) is 4. The van der Waals surface area contributed by atoms with Gasteiger partial charge in [-0.2, -0.15) is 0 Å². The van der Waals surface area contributed by atoms with Crippen LogP contribution in [0.5, 0.6) is 0 Å². The summed E-state index contributed by atoms with van der Waals surface area (Å²) in [6, 6.07) is 0. The van der Waals surface area contributed by atoms with Gasteiger partial charge in [0.1, 0.15) is 10.1 Å². The van der Waals surface area contributed by atoms with E-state index in [0.717, 1.165) is 6.08 Å². The summed E-state index contributed by atoms with van der Waals surface area (Å²) >= 11 is 10.5. The van der Waals surface area contributed by atoms with Crippen molar-refractivity contribution in [1.82, 2.24) is 0 Å². The van der Waals surface area contributed by atoms with Gasteiger partial charge in [-0.15, -0.1) is 0 Å². The van der Waals surface area contributed by atoms with Crippen molar-refractivity contribution in [2.45, 2.75) is 0 Å². The van der Waals surface area contributed by atoms with E-state index in [2.05, 4.69) is 4.74 Å². The monoisotopic (exact) mass is 207 g/mol. The summed E-state index contributed by atoms with van der Waals surface area (Å²) in [7, 11) is 0. The van der Waals surface area contributed by atoms with Gasteiger partial charge in [-0.1, -0.05) is 23.2 Å². The van der Waals surface area contributed by atoms with Crippen LogP contribution in [0, 0.1) is 0 Å². The first-order valence-electron chi connectivity index (χ1n) is 2.73. The van der Waals surface area contributed by atoms with Crippen LogP contribution in [0.4, 0.5) is 0 Å². The maximum absolute atomic E-state index is 10.6. The summed E-state index contributed by atoms with van der Waals surface area (Å²) in [5, 5.41) is 9.24. The Morgan fingerprint density at radius 2 is 2.17 bits per heavy atom. The molecule has 1 aliphatic heterocycles. The lowest BCUT2D eigenvalue weighted by atomic mass is 10.4. The largest absolute Gasteiger partial charge is 0.544 e. The molecule has 1 rings (SSSR count). The maximum atomic E-state index is 10.6. The lowest BCUT2D eigenvalue weighted by Crippen LogP contribution is -2.23. The second kappa shape index (κ2) is 3.16. The molecule has 12 heavy (non-hydrogen) atoms. The zero-order valence-corrected chi connectivity index (χ0v) is 6.98. The van der Waals surface area contributed by atoms with E-state index in [1.54, 1.807) is 0 Å². The van der Waals surface area contributed by atoms with Crippen LogP contribution in [-0.4, -0.2) is 11.9 Å². The Morgan fingerprint density at radius 1 is 1.58 bits per heavy atom. The predicted molar refractivity (Wildman–Crippen MR) is 37.9 cm³/mol. The summed E-state index contributed by atoms with van der Waals surface area (Å²) < 4.78 is 4.36. The number of esters is 1. The second-order valence-corrected chi connectivity index (χ2v) is 2.63. The smallest absolute Gasteiger partial charge is 0.355 e. The number of rotatable bonds is 1. The summed E-state index contributed by atoms with van der Waals surface area (Å²) in [4.78, 5) is 20.7. The molecular formula is C6HCl2O4-. The molecule has 64 valence electrons. The molecule has 6 heteroatoms. The molecule has 1 aliphatic rings. The van der Waals surface area contributed by atoms with Gasteiger partial charge in [0.25, 0.3) is 0 Å². The van der Waals surface area contributed by atoms with Gasteiger partial charge >= 0.3 is 5.97 Å². The van der Waals surface area contributed by atoms with E-state index in [0.29, 0.717) is 0 Å². The summed E-state index contributed by atoms with van der Waals surface area (Å²) in [5.74, 6) is -2.75. The predicted octanol–water partition coefficient (Wildman–Crippen LogP) is -0.134. The van der Waals surface area contributed by atoms with Crippen molar-refractivity contribution in [3.8, 4) is 0 Å². The molecule has 1 heterocycles. The van der Waals surface area contributed by atoms with Crippen LogP contribution in [0.25, 0.3) is 0 Å². The van der Waals surface area contributed by atoms with Gasteiger partial charge in [-0.25, -0.2) is 4.79 Å². The van der Waals surface area contributed by atoms with Crippen LogP contribution >= 0.6 is 23.2 Å². The van der Waals surface area contributed by atoms with Crippen molar-refractivity contribution in [2.75, 3.05) is 0 Å². The summed E-state index contributed by atoms with van der Waals surface area (Å²) in [6.45, 7) is 0. The fourth-order valence-electron chi connectivity index (χ4n) is 0.561. The second-order valence-electron chi connectivity index (χ2n) is 1.85. The SMILES string of the molecule is O=C1O/C(=C(\Cl)C(=O)[O-])C=C1Cl. The van der Waals surface area contributed by atoms with Crippen molar-refractivity contribution < 1.29 is 19.4 Å². The molecule has 0 atom stereocenters. The maximum Gasteiger partial charge on any atom is 0.355 e. The highest BCUT2D eigenvalue weighted by Gasteiger charge is 2.21. The number of carbonyl (C=O) groups is 2. The fourth-order valence-corrected chi connectivity index (χ4v) is 0.792. The van der Waals surface area contributed by atoms with E-state index >= 15 is 0 Å². The lowest BCUT2D eigenvalue weighted by Gasteiger charge is -2.01. The van der Waals surface area contributed by atoms with Crippen molar-refractivity contribution in [3.05, 3.63) is 21.9 Å². The van der Waals surface area contributed by atoms with Crippen molar-refractivity contribution in [3.63, 3.8) is 0 Å². The Labute approximate surface area is 77.0 Å². The number of hydrogen-bond donors (Lipinski definition) is 0. The normalized spacial score (nSPS) is 20.2. The van der Waals surface area contributed by atoms with E-state index in [1.165, 1.54) is 0 Å². The van der Waals surface area contributed by atoms with Crippen LogP contribution in [0.3, 0.4) is 0 Å². The Bertz CT molecular complexity index is 316. The highest BCUT2D eigenvalue weighted by atomic mass is 35.5. The van der Waals surface area contributed by atoms with E-state index in [1.807, 2.05) is 0 Å². The minimum atomic E-state index is -1.62. The zero-order chi connectivity index (χ0) is 9.30. The third kappa shape index (κ3) is 1.60. The number of cyclic esters (lactones) is 1. The van der Waals surface area contributed by atoms with Gasteiger partial charge in [0.2, 0.25) is 0 Å². The van der Waals surface area contributed by atoms with Gasteiger partial charge in [-0.05, 0) is 0 Å². The van der Waals surface area contributed by atoms with Crippen molar-refractivity contribution >= 4 is 35.1 Å². The fraction of sp³-hybridized carbons (Fsp3) is 0. The number of allylic oxidation sites excluding steroid dienone is 1. The number of ether oxygens (including phenoxy) is 1. The Balaban J connectivity index is 3.03. The van der Waals surface area contributed by atoms with E-state index in [-0.39, 0.29) is 10.8 Å². The molecule has 0 fully saturated rings. The molecule has 0 aromatic rings. The van der Waals surface area contributed by atoms with Gasteiger partial charge in [-0.3, -0.25) is 0 Å². The number of carbonyl (C=O) groups excluding carboxylic acids is 2. The molecule has 0 saturated heterocycles. The Kier molecular flexibility index (Phi) is 2.40. The molecule has 0 N–H and O–H groups in total. The first kappa shape index (κ1) is 9.09. The van der Waals surface area contributed by atoms with Gasteiger partial charge < -0.3 is 14.6 Å². The lowest BCUT2D eigenvalue weighted by molar-refractivity contribution is -0.298. The molecule has 0 unspecified atom stereocenters. The standard InChI is InChI=1S/C6H2Cl2O4/c7-2-1-3(12-6(2)11)4(8)5(9)10/h1H,(H,9,10)/p-1/b4-3-. The van der Waals surface area contributed by atoms with E-state index in [4.69, 9.17) is 23.2 Å². The quantitative estimate of drug-likeness (QED) is 0.444. The average molecular weight is 208 g/mol. The molecule has 0 amide bonds. The van der Waals surface area contributed by atoms with Gasteiger partial charge in [0.15, 0.2) is 5.76 Å². The summed E-state index contributed by atoms with van der Waals surface area (Å²) in [6.07, 6.45) is 1.02. The minimum absolute atomic E-state index is 0.218. The third-order valence-corrected chi connectivity index (χ3v) is 1.65. The topological polar surface area (TPSA) is 66.4 Å². The number of carboxylic acids is 1. The van der Waals surface area contributed by atoms with Crippen LogP contribution < -0.4 is 5.11 Å². The van der Waals surface area contributed by atoms with Crippen LogP contribution in [0.2, 0.25) is 0 Å². The van der Waals surface area contributed by atoms with E-state index < -0.39 is 17.0 Å². The minimum Gasteiger partial charge on any atom is -0.544 e. The Morgan fingerprint density at radius 3 is 2.50 bits per heavy atom. The van der Waals surface area contributed by atoms with Crippen molar-refractivity contribution in [1.29, 1.82) is 0 Å². The molecule has 0 aromatic heterocycles. The Hall–Kier alpha value is -1.00. The average Bonchev–Trinajstić information content (AvgIpc) is 2.30. The molecule has 0 bridgehead atoms. The van der Waals surface area contributed by atoms with Crippen LogP contribution in [-0.2, 0) is 14.3 Å². The molecule has 4 nitrogen and oxygen atoms in total. The van der Waals surface area contributed by atoms with Crippen molar-refractivity contribution in [2.24, 2.45) is 0 Å². The summed E-state index contributed by atoms with van der Waals surface area (Å²) in [5.41, 5.74) is 0. The molecule has 0 aliphatic carbocycles. The van der Waals surface area contributed by atoms with Gasteiger partial charge in [0.05, 0.1) is 5.97 Å². The van der Waals surface area contributed by atoms with Crippen LogP contribution in [0.15, 0.2) is 21.9 Å². The number of halogens is 2. The van der Waals surface area contributed by atoms with E-state index in [9.17, 15) is 14.7 Å². The first-order chi connectivity index (χ1) is 5.52. The molecule has 0 radical (unpaired) electrons. The van der Waals surface area contributed by atoms with Crippen LogP contribution in [0.1, 0.15) is 0 Å². The highest BCUT2D eigenvalue weighted by Crippen LogP contribution is 2.23. The molecular weight excluding hydrogens is 207 g/mol. The zero-order valence-electron chi connectivity index (χ0n) is 5.47. The number of aliphatic carboxylic acids is 1. The number of carboxylic acid groups (broad SMARTS) is 1. The highest BCUT2D eigenvalue weighted by molar-refractivity contribution is 6.44. The first-order valence-corrected chi connectivity index (χ1v) is 3.48. The third-order valence-electron chi connectivity index (χ3n) is 1.05. The molecule has 0 spiro atoms.